The van der Waals surface area contributed by atoms with Gasteiger partial charge in [-0.25, -0.2) is 0 Å². The molecular weight excluding hydrogens is 270 g/mol. The third kappa shape index (κ3) is 3.20. The molecule has 0 fully saturated rings. The molecule has 0 aliphatic carbocycles. The lowest BCUT2D eigenvalue weighted by Crippen LogP contribution is -2.01. The minimum Gasteiger partial charge on any atom is -0.399 e. The lowest BCUT2D eigenvalue weighted by molar-refractivity contribution is 1.15. The Balaban J connectivity index is 1.89. The van der Waals surface area contributed by atoms with Crippen LogP contribution in [0.2, 0.25) is 0 Å². The first-order chi connectivity index (χ1) is 10.7. The van der Waals surface area contributed by atoms with Crippen LogP contribution in [0.15, 0.2) is 72.8 Å². The van der Waals surface area contributed by atoms with Crippen molar-refractivity contribution in [3.05, 3.63) is 78.4 Å². The summed E-state index contributed by atoms with van der Waals surface area (Å²) in [6, 6.07) is 24.1. The molecule has 0 amide bonds. The molecule has 3 heteroatoms. The number of nitrogens with one attached hydrogen (secondary N) is 1. The summed E-state index contributed by atoms with van der Waals surface area (Å²) >= 11 is 0. The van der Waals surface area contributed by atoms with Gasteiger partial charge >= 0.3 is 0 Å². The highest BCUT2D eigenvalue weighted by Crippen LogP contribution is 2.30. The van der Waals surface area contributed by atoms with Gasteiger partial charge in [0.2, 0.25) is 0 Å². The van der Waals surface area contributed by atoms with E-state index in [1.807, 2.05) is 60.7 Å². The van der Waals surface area contributed by atoms with Crippen molar-refractivity contribution in [2.24, 2.45) is 0 Å². The van der Waals surface area contributed by atoms with Crippen LogP contribution in [-0.2, 0) is 6.54 Å². The number of nitrogens with two attached hydrogens (primary N) is 2. The summed E-state index contributed by atoms with van der Waals surface area (Å²) in [5.74, 6) is 0. The van der Waals surface area contributed by atoms with Gasteiger partial charge in [-0.1, -0.05) is 48.5 Å². The Labute approximate surface area is 130 Å². The van der Waals surface area contributed by atoms with E-state index in [4.69, 9.17) is 11.5 Å². The molecule has 0 bridgehead atoms. The summed E-state index contributed by atoms with van der Waals surface area (Å²) in [5, 5.41) is 3.47. The van der Waals surface area contributed by atoms with E-state index < -0.39 is 0 Å². The molecule has 0 spiro atoms. The number of nitrogen functional groups attached to an aromatic ring is 2. The molecule has 0 saturated heterocycles. The second-order valence-electron chi connectivity index (χ2n) is 5.27. The topological polar surface area (TPSA) is 64.1 Å². The molecule has 0 aliphatic rings. The van der Waals surface area contributed by atoms with Gasteiger partial charge in [0.25, 0.3) is 0 Å². The average molecular weight is 289 g/mol. The standard InChI is InChI=1S/C19H19N3/c20-16-8-6-15(7-9-16)18-11-10-17(21)12-19(18)22-13-14-4-2-1-3-5-14/h1-12,22H,13,20-21H2. The van der Waals surface area contributed by atoms with E-state index in [1.54, 1.807) is 0 Å². The minimum atomic E-state index is 0.745. The van der Waals surface area contributed by atoms with Gasteiger partial charge in [0.15, 0.2) is 0 Å². The van der Waals surface area contributed by atoms with E-state index >= 15 is 0 Å². The fraction of sp³-hybridized carbons (Fsp3) is 0.0526. The lowest BCUT2D eigenvalue weighted by atomic mass is 10.0. The Morgan fingerprint density at radius 2 is 1.41 bits per heavy atom. The van der Waals surface area contributed by atoms with Crippen LogP contribution in [0.1, 0.15) is 5.56 Å². The monoisotopic (exact) mass is 289 g/mol. The number of rotatable bonds is 4. The zero-order chi connectivity index (χ0) is 15.4. The molecule has 3 aromatic carbocycles. The van der Waals surface area contributed by atoms with Crippen LogP contribution in [-0.4, -0.2) is 0 Å². The van der Waals surface area contributed by atoms with Crippen LogP contribution in [0.25, 0.3) is 11.1 Å². The molecule has 3 rings (SSSR count). The number of benzene rings is 3. The number of anilines is 3. The fourth-order valence-electron chi connectivity index (χ4n) is 2.42. The second-order valence-corrected chi connectivity index (χ2v) is 5.27. The van der Waals surface area contributed by atoms with Gasteiger partial charge in [-0.15, -0.1) is 0 Å². The third-order valence-corrected chi connectivity index (χ3v) is 3.59. The molecular formula is C19H19N3. The summed E-state index contributed by atoms with van der Waals surface area (Å²) in [7, 11) is 0. The fourth-order valence-corrected chi connectivity index (χ4v) is 2.42. The number of hydrogen-bond acceptors (Lipinski definition) is 3. The first-order valence-electron chi connectivity index (χ1n) is 7.25. The van der Waals surface area contributed by atoms with Crippen LogP contribution in [0, 0.1) is 0 Å². The molecule has 3 aromatic rings. The molecule has 0 heterocycles. The highest BCUT2D eigenvalue weighted by molar-refractivity contribution is 5.81. The molecule has 0 unspecified atom stereocenters. The van der Waals surface area contributed by atoms with Crippen molar-refractivity contribution in [2.75, 3.05) is 16.8 Å². The van der Waals surface area contributed by atoms with Gasteiger partial charge < -0.3 is 16.8 Å². The van der Waals surface area contributed by atoms with Crippen molar-refractivity contribution in [3.63, 3.8) is 0 Å². The zero-order valence-corrected chi connectivity index (χ0v) is 12.3. The maximum atomic E-state index is 5.94. The van der Waals surface area contributed by atoms with Crippen molar-refractivity contribution in [2.45, 2.75) is 6.54 Å². The molecule has 0 radical (unpaired) electrons. The summed E-state index contributed by atoms with van der Waals surface area (Å²) in [4.78, 5) is 0. The Morgan fingerprint density at radius 1 is 0.727 bits per heavy atom. The maximum absolute atomic E-state index is 5.94. The van der Waals surface area contributed by atoms with Crippen molar-refractivity contribution in [1.29, 1.82) is 0 Å². The van der Waals surface area contributed by atoms with Crippen LogP contribution < -0.4 is 16.8 Å². The molecule has 5 N–H and O–H groups in total. The predicted octanol–water partition coefficient (Wildman–Crippen LogP) is 4.13. The van der Waals surface area contributed by atoms with Gasteiger partial charge in [0.05, 0.1) is 0 Å². The van der Waals surface area contributed by atoms with Crippen LogP contribution in [0.4, 0.5) is 17.1 Å². The smallest absolute Gasteiger partial charge is 0.0443 e. The highest BCUT2D eigenvalue weighted by Gasteiger charge is 2.06. The van der Waals surface area contributed by atoms with E-state index in [2.05, 4.69) is 17.4 Å². The Bertz CT molecular complexity index is 749. The van der Waals surface area contributed by atoms with Crippen molar-refractivity contribution in [3.8, 4) is 11.1 Å². The molecule has 110 valence electrons. The maximum Gasteiger partial charge on any atom is 0.0443 e. The van der Waals surface area contributed by atoms with E-state index in [1.165, 1.54) is 5.56 Å². The summed E-state index contributed by atoms with van der Waals surface area (Å²) in [5.41, 5.74) is 17.7. The molecule has 22 heavy (non-hydrogen) atoms. The van der Waals surface area contributed by atoms with Gasteiger partial charge in [-0.3, -0.25) is 0 Å². The Kier molecular flexibility index (Phi) is 3.97. The van der Waals surface area contributed by atoms with Gasteiger partial charge in [0, 0.05) is 29.2 Å². The van der Waals surface area contributed by atoms with Crippen LogP contribution >= 0.6 is 0 Å². The van der Waals surface area contributed by atoms with Gasteiger partial charge in [-0.05, 0) is 35.4 Å². The predicted molar refractivity (Wildman–Crippen MR) is 94.5 cm³/mol. The van der Waals surface area contributed by atoms with Gasteiger partial charge in [0.1, 0.15) is 0 Å². The van der Waals surface area contributed by atoms with Gasteiger partial charge in [-0.2, -0.15) is 0 Å². The van der Waals surface area contributed by atoms with E-state index in [9.17, 15) is 0 Å². The second kappa shape index (κ2) is 6.22. The molecule has 0 atom stereocenters. The SMILES string of the molecule is Nc1ccc(-c2ccc(N)cc2NCc2ccccc2)cc1. The Hall–Kier alpha value is -2.94. The summed E-state index contributed by atoms with van der Waals surface area (Å²) in [6.45, 7) is 0.756. The lowest BCUT2D eigenvalue weighted by Gasteiger charge is -2.13. The molecule has 0 aromatic heterocycles. The normalized spacial score (nSPS) is 10.4. The zero-order valence-electron chi connectivity index (χ0n) is 12.3. The minimum absolute atomic E-state index is 0.745. The van der Waals surface area contributed by atoms with E-state index in [0.29, 0.717) is 0 Å². The highest BCUT2D eigenvalue weighted by atomic mass is 14.9. The molecule has 0 saturated carbocycles. The van der Waals surface area contributed by atoms with Crippen molar-refractivity contribution >= 4 is 17.1 Å². The number of hydrogen-bond donors (Lipinski definition) is 3. The van der Waals surface area contributed by atoms with E-state index in [0.717, 1.165) is 34.7 Å². The summed E-state index contributed by atoms with van der Waals surface area (Å²) in [6.07, 6.45) is 0. The van der Waals surface area contributed by atoms with Crippen molar-refractivity contribution < 1.29 is 0 Å². The largest absolute Gasteiger partial charge is 0.399 e. The van der Waals surface area contributed by atoms with Crippen LogP contribution in [0.5, 0.6) is 0 Å². The summed E-state index contributed by atoms with van der Waals surface area (Å²) < 4.78 is 0. The first-order valence-corrected chi connectivity index (χ1v) is 7.25. The quantitative estimate of drug-likeness (QED) is 0.633. The first kappa shape index (κ1) is 14.0. The Morgan fingerprint density at radius 3 is 2.14 bits per heavy atom. The van der Waals surface area contributed by atoms with Crippen molar-refractivity contribution in [1.82, 2.24) is 0 Å². The average Bonchev–Trinajstić information content (AvgIpc) is 2.55. The third-order valence-electron chi connectivity index (χ3n) is 3.59. The van der Waals surface area contributed by atoms with E-state index in [-0.39, 0.29) is 0 Å². The molecule has 0 aliphatic heterocycles. The molecule has 3 nitrogen and oxygen atoms in total. The van der Waals surface area contributed by atoms with Crippen LogP contribution in [0.3, 0.4) is 0 Å².